The first-order valence-electron chi connectivity index (χ1n) is 7.09. The molecule has 2 heterocycles. The second-order valence-electron chi connectivity index (χ2n) is 5.05. The van der Waals surface area contributed by atoms with Crippen LogP contribution in [0.25, 0.3) is 26.7 Å². The Hall–Kier alpha value is -2.43. The van der Waals surface area contributed by atoms with E-state index >= 15 is 0 Å². The van der Waals surface area contributed by atoms with Crippen molar-refractivity contribution in [2.45, 2.75) is 6.61 Å². The standard InChI is InChI=1S/C18H14N2OS/c21-12-15-17(14-9-5-2-6-10-14)19-18-20(15)11-16(22-18)13-7-3-1-4-8-13/h1-11,21H,12H2. The lowest BCUT2D eigenvalue weighted by Crippen LogP contribution is -1.92. The van der Waals surface area contributed by atoms with E-state index in [0.717, 1.165) is 26.8 Å². The first-order chi connectivity index (χ1) is 10.9. The van der Waals surface area contributed by atoms with E-state index in [9.17, 15) is 5.11 Å². The van der Waals surface area contributed by atoms with E-state index in [-0.39, 0.29) is 6.61 Å². The normalized spacial score (nSPS) is 11.1. The highest BCUT2D eigenvalue weighted by molar-refractivity contribution is 7.20. The number of fused-ring (bicyclic) bond motifs is 1. The Balaban J connectivity index is 1.88. The largest absolute Gasteiger partial charge is 0.390 e. The van der Waals surface area contributed by atoms with Gasteiger partial charge in [-0.15, -0.1) is 0 Å². The molecule has 0 fully saturated rings. The van der Waals surface area contributed by atoms with Crippen LogP contribution >= 0.6 is 11.3 Å². The molecule has 0 radical (unpaired) electrons. The van der Waals surface area contributed by atoms with Crippen LogP contribution in [0, 0.1) is 0 Å². The smallest absolute Gasteiger partial charge is 0.195 e. The van der Waals surface area contributed by atoms with Crippen LogP contribution in [0.5, 0.6) is 0 Å². The van der Waals surface area contributed by atoms with E-state index in [2.05, 4.69) is 18.3 Å². The minimum Gasteiger partial charge on any atom is -0.390 e. The summed E-state index contributed by atoms with van der Waals surface area (Å²) >= 11 is 1.64. The number of aromatic nitrogens is 2. The number of aliphatic hydroxyl groups excluding tert-OH is 1. The van der Waals surface area contributed by atoms with Crippen molar-refractivity contribution < 1.29 is 5.11 Å². The van der Waals surface area contributed by atoms with Gasteiger partial charge in [0, 0.05) is 11.8 Å². The molecule has 0 saturated carbocycles. The summed E-state index contributed by atoms with van der Waals surface area (Å²) in [4.78, 5) is 6.78. The molecule has 0 atom stereocenters. The zero-order valence-electron chi connectivity index (χ0n) is 11.8. The van der Waals surface area contributed by atoms with Crippen molar-refractivity contribution in [3.05, 3.63) is 72.6 Å². The maximum atomic E-state index is 9.79. The van der Waals surface area contributed by atoms with Gasteiger partial charge >= 0.3 is 0 Å². The van der Waals surface area contributed by atoms with E-state index in [0.29, 0.717) is 0 Å². The molecule has 4 rings (SSSR count). The summed E-state index contributed by atoms with van der Waals surface area (Å²) in [7, 11) is 0. The number of thiazole rings is 1. The van der Waals surface area contributed by atoms with Gasteiger partial charge < -0.3 is 5.11 Å². The number of hydrogen-bond donors (Lipinski definition) is 1. The third-order valence-corrected chi connectivity index (χ3v) is 4.71. The Morgan fingerprint density at radius 2 is 1.55 bits per heavy atom. The first-order valence-corrected chi connectivity index (χ1v) is 7.91. The molecule has 0 aliphatic rings. The maximum Gasteiger partial charge on any atom is 0.195 e. The van der Waals surface area contributed by atoms with E-state index in [4.69, 9.17) is 4.98 Å². The summed E-state index contributed by atoms with van der Waals surface area (Å²) in [5.41, 5.74) is 3.89. The zero-order valence-corrected chi connectivity index (χ0v) is 12.6. The topological polar surface area (TPSA) is 37.5 Å². The fraction of sp³-hybridized carbons (Fsp3) is 0.0556. The lowest BCUT2D eigenvalue weighted by Gasteiger charge is -2.01. The Bertz CT molecular complexity index is 910. The van der Waals surface area contributed by atoms with Crippen LogP contribution in [-0.2, 0) is 6.61 Å². The van der Waals surface area contributed by atoms with Crippen molar-refractivity contribution >= 4 is 16.3 Å². The van der Waals surface area contributed by atoms with Crippen LogP contribution in [0.2, 0.25) is 0 Å². The molecule has 0 aliphatic heterocycles. The molecule has 4 aromatic rings. The van der Waals surface area contributed by atoms with Gasteiger partial charge in [-0.25, -0.2) is 4.98 Å². The molecule has 0 saturated heterocycles. The molecule has 0 amide bonds. The van der Waals surface area contributed by atoms with Crippen LogP contribution in [0.3, 0.4) is 0 Å². The number of benzene rings is 2. The number of aliphatic hydroxyl groups is 1. The molecule has 0 bridgehead atoms. The van der Waals surface area contributed by atoms with Gasteiger partial charge in [0.15, 0.2) is 4.96 Å². The molecule has 1 N–H and O–H groups in total. The molecule has 2 aromatic heterocycles. The minimum atomic E-state index is -0.0314. The Kier molecular flexibility index (Phi) is 3.25. The van der Waals surface area contributed by atoms with E-state index in [1.54, 1.807) is 11.3 Å². The summed E-state index contributed by atoms with van der Waals surface area (Å²) in [5.74, 6) is 0. The lowest BCUT2D eigenvalue weighted by molar-refractivity contribution is 0.276. The lowest BCUT2D eigenvalue weighted by atomic mass is 10.1. The fourth-order valence-electron chi connectivity index (χ4n) is 2.60. The quantitative estimate of drug-likeness (QED) is 0.615. The van der Waals surface area contributed by atoms with Crippen molar-refractivity contribution in [3.63, 3.8) is 0 Å². The number of nitrogens with zero attached hydrogens (tertiary/aromatic N) is 2. The highest BCUT2D eigenvalue weighted by atomic mass is 32.1. The van der Waals surface area contributed by atoms with Gasteiger partial charge in [-0.3, -0.25) is 4.40 Å². The van der Waals surface area contributed by atoms with Gasteiger partial charge in [0.25, 0.3) is 0 Å². The van der Waals surface area contributed by atoms with Crippen LogP contribution in [0.4, 0.5) is 0 Å². The van der Waals surface area contributed by atoms with Gasteiger partial charge in [0.2, 0.25) is 0 Å². The number of rotatable bonds is 3. The van der Waals surface area contributed by atoms with Gasteiger partial charge in [-0.1, -0.05) is 72.0 Å². The number of imidazole rings is 1. The highest BCUT2D eigenvalue weighted by Crippen LogP contribution is 2.33. The second kappa shape index (κ2) is 5.40. The summed E-state index contributed by atoms with van der Waals surface area (Å²) in [6, 6.07) is 20.2. The van der Waals surface area contributed by atoms with Crippen molar-refractivity contribution in [1.82, 2.24) is 9.38 Å². The number of hydrogen-bond acceptors (Lipinski definition) is 3. The third kappa shape index (κ3) is 2.13. The van der Waals surface area contributed by atoms with Crippen LogP contribution < -0.4 is 0 Å². The van der Waals surface area contributed by atoms with E-state index < -0.39 is 0 Å². The molecule has 0 unspecified atom stereocenters. The van der Waals surface area contributed by atoms with Crippen molar-refractivity contribution in [1.29, 1.82) is 0 Å². The van der Waals surface area contributed by atoms with E-state index in [1.807, 2.05) is 52.9 Å². The van der Waals surface area contributed by atoms with Crippen molar-refractivity contribution in [2.75, 3.05) is 0 Å². The fourth-order valence-corrected chi connectivity index (χ4v) is 3.61. The summed E-state index contributed by atoms with van der Waals surface area (Å²) < 4.78 is 2.00. The summed E-state index contributed by atoms with van der Waals surface area (Å²) in [6.45, 7) is -0.0314. The van der Waals surface area contributed by atoms with Crippen molar-refractivity contribution in [3.8, 4) is 21.7 Å². The predicted octanol–water partition coefficient (Wildman–Crippen LogP) is 4.22. The van der Waals surface area contributed by atoms with Gasteiger partial charge in [0.1, 0.15) is 0 Å². The predicted molar refractivity (Wildman–Crippen MR) is 89.9 cm³/mol. The molecule has 3 nitrogen and oxygen atoms in total. The van der Waals surface area contributed by atoms with Crippen molar-refractivity contribution in [2.24, 2.45) is 0 Å². The Morgan fingerprint density at radius 3 is 2.18 bits per heavy atom. The third-order valence-electron chi connectivity index (χ3n) is 3.68. The highest BCUT2D eigenvalue weighted by Gasteiger charge is 2.16. The molecule has 108 valence electrons. The molecule has 0 spiro atoms. The van der Waals surface area contributed by atoms with Gasteiger partial charge in [-0.2, -0.15) is 0 Å². The molecule has 2 aromatic carbocycles. The Labute approximate surface area is 132 Å². The second-order valence-corrected chi connectivity index (χ2v) is 6.05. The molecular formula is C18H14N2OS. The average molecular weight is 306 g/mol. The van der Waals surface area contributed by atoms with Crippen LogP contribution in [-0.4, -0.2) is 14.5 Å². The SMILES string of the molecule is OCc1c(-c2ccccc2)nc2sc(-c3ccccc3)cn12. The first kappa shape index (κ1) is 13.2. The molecule has 0 aliphatic carbocycles. The monoisotopic (exact) mass is 306 g/mol. The van der Waals surface area contributed by atoms with Crippen LogP contribution in [0.1, 0.15) is 5.69 Å². The molecule has 4 heteroatoms. The summed E-state index contributed by atoms with van der Waals surface area (Å²) in [5, 5.41) is 9.79. The minimum absolute atomic E-state index is 0.0314. The van der Waals surface area contributed by atoms with Gasteiger partial charge in [0.05, 0.1) is 22.9 Å². The van der Waals surface area contributed by atoms with Gasteiger partial charge in [-0.05, 0) is 5.56 Å². The van der Waals surface area contributed by atoms with E-state index in [1.165, 1.54) is 5.56 Å². The average Bonchev–Trinajstić information content (AvgIpc) is 3.14. The molecule has 22 heavy (non-hydrogen) atoms. The van der Waals surface area contributed by atoms with Crippen LogP contribution in [0.15, 0.2) is 66.9 Å². The molecular weight excluding hydrogens is 292 g/mol. The maximum absolute atomic E-state index is 9.79. The zero-order chi connectivity index (χ0) is 14.9. The summed E-state index contributed by atoms with van der Waals surface area (Å²) in [6.07, 6.45) is 2.06. The Morgan fingerprint density at radius 1 is 0.909 bits per heavy atom.